The highest BCUT2D eigenvalue weighted by Gasteiger charge is 2.27. The zero-order valence-electron chi connectivity index (χ0n) is 13.9. The normalized spacial score (nSPS) is 19.1. The Balaban J connectivity index is 1.92. The van der Waals surface area contributed by atoms with E-state index in [1.165, 1.54) is 0 Å². The zero-order chi connectivity index (χ0) is 17.0. The molecule has 2 unspecified atom stereocenters. The van der Waals surface area contributed by atoms with Crippen LogP contribution in [0.2, 0.25) is 0 Å². The van der Waals surface area contributed by atoms with Crippen LogP contribution < -0.4 is 4.72 Å². The smallest absolute Gasteiger partial charge is 0.207 e. The molecule has 1 aliphatic carbocycles. The van der Waals surface area contributed by atoms with Crippen LogP contribution in [0.25, 0.3) is 0 Å². The van der Waals surface area contributed by atoms with E-state index in [1.807, 2.05) is 49.4 Å². The van der Waals surface area contributed by atoms with E-state index < -0.39 is 10.0 Å². The standard InChI is InChI=1S/C20H23NO2S/c1-16-12-14-19(15-13-16)24(22,23)21-20(17-8-4-2-5-9-17)18-10-6-3-7-11-18/h2,4-6,8-10,12-15,18,20-21H,3,7,11H2,1H3. The molecule has 0 saturated heterocycles. The lowest BCUT2D eigenvalue weighted by Crippen LogP contribution is -2.33. The van der Waals surface area contributed by atoms with Gasteiger partial charge >= 0.3 is 0 Å². The van der Waals surface area contributed by atoms with Crippen LogP contribution in [0.15, 0.2) is 71.6 Å². The largest absolute Gasteiger partial charge is 0.241 e. The van der Waals surface area contributed by atoms with Crippen molar-refractivity contribution < 1.29 is 8.42 Å². The van der Waals surface area contributed by atoms with Crippen molar-refractivity contribution in [1.29, 1.82) is 0 Å². The molecule has 0 aliphatic heterocycles. The van der Waals surface area contributed by atoms with Crippen LogP contribution in [-0.4, -0.2) is 8.42 Å². The van der Waals surface area contributed by atoms with Gasteiger partial charge in [-0.05, 0) is 49.8 Å². The van der Waals surface area contributed by atoms with E-state index in [2.05, 4.69) is 16.9 Å². The summed E-state index contributed by atoms with van der Waals surface area (Å²) in [7, 11) is -3.56. The van der Waals surface area contributed by atoms with Crippen molar-refractivity contribution in [3.63, 3.8) is 0 Å². The highest BCUT2D eigenvalue weighted by Crippen LogP contribution is 2.32. The summed E-state index contributed by atoms with van der Waals surface area (Å²) >= 11 is 0. The minimum atomic E-state index is -3.56. The predicted octanol–water partition coefficient (Wildman–Crippen LogP) is 4.37. The lowest BCUT2D eigenvalue weighted by molar-refractivity contribution is 0.424. The van der Waals surface area contributed by atoms with Gasteiger partial charge < -0.3 is 0 Å². The van der Waals surface area contributed by atoms with E-state index in [4.69, 9.17) is 0 Å². The molecule has 4 heteroatoms. The molecule has 0 bridgehead atoms. The highest BCUT2D eigenvalue weighted by molar-refractivity contribution is 7.89. The first-order valence-corrected chi connectivity index (χ1v) is 9.85. The molecule has 0 fully saturated rings. The zero-order valence-corrected chi connectivity index (χ0v) is 14.7. The van der Waals surface area contributed by atoms with Crippen molar-refractivity contribution in [3.8, 4) is 0 Å². The van der Waals surface area contributed by atoms with E-state index in [0.717, 1.165) is 30.4 Å². The van der Waals surface area contributed by atoms with Gasteiger partial charge in [0.25, 0.3) is 0 Å². The fourth-order valence-electron chi connectivity index (χ4n) is 3.13. The molecule has 0 spiro atoms. The van der Waals surface area contributed by atoms with Gasteiger partial charge in [-0.2, -0.15) is 0 Å². The van der Waals surface area contributed by atoms with Crippen LogP contribution in [0.4, 0.5) is 0 Å². The molecule has 2 aromatic carbocycles. The first-order valence-electron chi connectivity index (χ1n) is 8.37. The van der Waals surface area contributed by atoms with Crippen molar-refractivity contribution in [2.45, 2.75) is 37.1 Å². The maximum absolute atomic E-state index is 12.8. The molecule has 0 heterocycles. The Morgan fingerprint density at radius 1 is 1.04 bits per heavy atom. The summed E-state index contributed by atoms with van der Waals surface area (Å²) in [6.45, 7) is 1.95. The fourth-order valence-corrected chi connectivity index (χ4v) is 4.41. The van der Waals surface area contributed by atoms with Crippen LogP contribution >= 0.6 is 0 Å². The Bertz CT molecular complexity index is 795. The molecule has 0 saturated carbocycles. The Kier molecular flexibility index (Phi) is 5.17. The van der Waals surface area contributed by atoms with Crippen LogP contribution in [0, 0.1) is 12.8 Å². The number of allylic oxidation sites excluding steroid dienone is 1. The monoisotopic (exact) mass is 341 g/mol. The molecular weight excluding hydrogens is 318 g/mol. The maximum Gasteiger partial charge on any atom is 0.241 e. The van der Waals surface area contributed by atoms with Crippen LogP contribution in [0.5, 0.6) is 0 Å². The van der Waals surface area contributed by atoms with Gasteiger partial charge in [0.05, 0.1) is 10.9 Å². The lowest BCUT2D eigenvalue weighted by Gasteiger charge is -2.28. The summed E-state index contributed by atoms with van der Waals surface area (Å²) in [4.78, 5) is 0.314. The molecule has 0 radical (unpaired) electrons. The summed E-state index contributed by atoms with van der Waals surface area (Å²) in [5, 5.41) is 0. The van der Waals surface area contributed by atoms with Gasteiger partial charge in [-0.1, -0.05) is 60.2 Å². The molecular formula is C20H23NO2S. The second-order valence-electron chi connectivity index (χ2n) is 6.35. The van der Waals surface area contributed by atoms with Crippen molar-refractivity contribution >= 4 is 10.0 Å². The van der Waals surface area contributed by atoms with E-state index in [-0.39, 0.29) is 12.0 Å². The number of hydrogen-bond acceptors (Lipinski definition) is 2. The summed E-state index contributed by atoms with van der Waals surface area (Å²) in [5.74, 6) is 0.182. The van der Waals surface area contributed by atoms with E-state index in [9.17, 15) is 8.42 Å². The van der Waals surface area contributed by atoms with Gasteiger partial charge in [0.2, 0.25) is 10.0 Å². The Labute approximate surface area is 144 Å². The number of sulfonamides is 1. The quantitative estimate of drug-likeness (QED) is 0.821. The topological polar surface area (TPSA) is 46.2 Å². The van der Waals surface area contributed by atoms with Gasteiger partial charge in [-0.15, -0.1) is 0 Å². The molecule has 2 aromatic rings. The average Bonchev–Trinajstić information content (AvgIpc) is 2.62. The predicted molar refractivity (Wildman–Crippen MR) is 97.2 cm³/mol. The lowest BCUT2D eigenvalue weighted by atomic mass is 9.86. The fraction of sp³-hybridized carbons (Fsp3) is 0.300. The third-order valence-electron chi connectivity index (χ3n) is 4.49. The summed E-state index contributed by atoms with van der Waals surface area (Å²) in [6.07, 6.45) is 7.47. The molecule has 126 valence electrons. The molecule has 2 atom stereocenters. The maximum atomic E-state index is 12.8. The van der Waals surface area contributed by atoms with Crippen LogP contribution in [-0.2, 0) is 10.0 Å². The molecule has 3 rings (SSSR count). The van der Waals surface area contributed by atoms with Gasteiger partial charge in [0, 0.05) is 0 Å². The number of rotatable bonds is 5. The van der Waals surface area contributed by atoms with E-state index in [0.29, 0.717) is 4.90 Å². The third-order valence-corrected chi connectivity index (χ3v) is 5.95. The third kappa shape index (κ3) is 3.94. The van der Waals surface area contributed by atoms with Crippen molar-refractivity contribution in [1.82, 2.24) is 4.72 Å². The summed E-state index contributed by atoms with van der Waals surface area (Å²) < 4.78 is 28.6. The Morgan fingerprint density at radius 2 is 1.75 bits per heavy atom. The first kappa shape index (κ1) is 16.9. The SMILES string of the molecule is Cc1ccc(S(=O)(=O)NC(c2ccccc2)C2C=CCCC2)cc1. The minimum absolute atomic E-state index is 0.182. The number of aryl methyl sites for hydroxylation is 1. The molecule has 0 amide bonds. The molecule has 1 aliphatic rings. The molecule has 24 heavy (non-hydrogen) atoms. The van der Waals surface area contributed by atoms with Crippen molar-refractivity contribution in [2.75, 3.05) is 0 Å². The minimum Gasteiger partial charge on any atom is -0.207 e. The second-order valence-corrected chi connectivity index (χ2v) is 8.06. The highest BCUT2D eigenvalue weighted by atomic mass is 32.2. The Hall–Kier alpha value is -1.91. The number of hydrogen-bond donors (Lipinski definition) is 1. The molecule has 1 N–H and O–H groups in total. The second kappa shape index (κ2) is 7.32. The molecule has 3 nitrogen and oxygen atoms in total. The number of nitrogens with one attached hydrogen (secondary N) is 1. The first-order chi connectivity index (χ1) is 11.6. The van der Waals surface area contributed by atoms with Crippen molar-refractivity contribution in [2.24, 2.45) is 5.92 Å². The van der Waals surface area contributed by atoms with Gasteiger partial charge in [-0.25, -0.2) is 13.1 Å². The summed E-state index contributed by atoms with van der Waals surface area (Å²) in [5.41, 5.74) is 2.05. The van der Waals surface area contributed by atoms with Gasteiger partial charge in [0.15, 0.2) is 0 Å². The van der Waals surface area contributed by atoms with Gasteiger partial charge in [0.1, 0.15) is 0 Å². The van der Waals surface area contributed by atoms with E-state index >= 15 is 0 Å². The van der Waals surface area contributed by atoms with Crippen LogP contribution in [0.3, 0.4) is 0 Å². The molecule has 0 aromatic heterocycles. The van der Waals surface area contributed by atoms with E-state index in [1.54, 1.807) is 12.1 Å². The Morgan fingerprint density at radius 3 is 2.38 bits per heavy atom. The number of benzene rings is 2. The van der Waals surface area contributed by atoms with Gasteiger partial charge in [-0.3, -0.25) is 0 Å². The van der Waals surface area contributed by atoms with Crippen LogP contribution in [0.1, 0.15) is 36.4 Å². The summed E-state index contributed by atoms with van der Waals surface area (Å²) in [6, 6.07) is 16.6. The average molecular weight is 341 g/mol. The van der Waals surface area contributed by atoms with Crippen molar-refractivity contribution in [3.05, 3.63) is 77.9 Å².